The largest absolute Gasteiger partial charge is 0.463 e. The van der Waals surface area contributed by atoms with E-state index in [4.69, 9.17) is 14.2 Å². The summed E-state index contributed by atoms with van der Waals surface area (Å²) in [6.07, 6.45) is -1.39. The number of para-hydroxylation sites is 1. The molecule has 0 unspecified atom stereocenters. The van der Waals surface area contributed by atoms with Gasteiger partial charge < -0.3 is 24.8 Å². The number of carbonyl (C=O) groups excluding carboxylic acids is 4. The molecular weight excluding hydrogens is 520 g/mol. The van der Waals surface area contributed by atoms with Crippen molar-refractivity contribution in [3.63, 3.8) is 0 Å². The molecule has 1 aliphatic rings. The molecule has 1 aromatic heterocycles. The van der Waals surface area contributed by atoms with Gasteiger partial charge in [-0.05, 0) is 53.7 Å². The highest BCUT2D eigenvalue weighted by molar-refractivity contribution is 6.06. The lowest BCUT2D eigenvalue weighted by Gasteiger charge is -2.29. The number of dihydropyridines is 1. The molecule has 0 saturated carbocycles. The molecule has 40 heavy (non-hydrogen) atoms. The van der Waals surface area contributed by atoms with Crippen LogP contribution in [0.2, 0.25) is 0 Å². The number of hydrogen-bond acceptors (Lipinski definition) is 9. The Morgan fingerprint density at radius 2 is 1.48 bits per heavy atom. The summed E-state index contributed by atoms with van der Waals surface area (Å²) in [5.74, 6) is -4.93. The average molecular weight is 555 g/mol. The lowest BCUT2D eigenvalue weighted by atomic mass is 9.85. The first-order chi connectivity index (χ1) is 18.9. The molecule has 0 fully saturated rings. The first-order valence-corrected chi connectivity index (χ1v) is 12.8. The van der Waals surface area contributed by atoms with Gasteiger partial charge in [0, 0.05) is 18.4 Å². The van der Waals surface area contributed by atoms with E-state index < -0.39 is 41.4 Å². The first-order valence-electron chi connectivity index (χ1n) is 12.8. The van der Waals surface area contributed by atoms with E-state index in [9.17, 15) is 24.0 Å². The Labute approximate surface area is 231 Å². The fourth-order valence-corrected chi connectivity index (χ4v) is 4.42. The van der Waals surface area contributed by atoms with E-state index in [0.29, 0.717) is 22.8 Å². The highest BCUT2D eigenvalue weighted by Gasteiger charge is 2.43. The number of aromatic nitrogens is 2. The quantitative estimate of drug-likeness (QED) is 0.352. The zero-order valence-electron chi connectivity index (χ0n) is 23.6. The first kappa shape index (κ1) is 29.9. The number of nitrogens with zero attached hydrogens (tertiary/aromatic N) is 2. The number of ether oxygens (including phenoxy) is 3. The number of nitrogens with one attached hydrogen (secondary N) is 2. The fraction of sp³-hybridized carbons (Fsp3) is 0.393. The molecule has 0 saturated heterocycles. The molecule has 1 aliphatic heterocycles. The molecule has 1 aromatic carbocycles. The van der Waals surface area contributed by atoms with Crippen molar-refractivity contribution in [3.05, 3.63) is 68.9 Å². The second-order valence-corrected chi connectivity index (χ2v) is 9.08. The van der Waals surface area contributed by atoms with Gasteiger partial charge in [0.15, 0.2) is 6.10 Å². The van der Waals surface area contributed by atoms with Crippen molar-refractivity contribution in [1.82, 2.24) is 14.7 Å². The monoisotopic (exact) mass is 554 g/mol. The maximum absolute atomic E-state index is 13.5. The van der Waals surface area contributed by atoms with Crippen LogP contribution in [-0.4, -0.2) is 52.5 Å². The number of amides is 1. The van der Waals surface area contributed by atoms with Crippen LogP contribution >= 0.6 is 0 Å². The molecule has 2 N–H and O–H groups in total. The van der Waals surface area contributed by atoms with E-state index in [0.717, 1.165) is 0 Å². The third kappa shape index (κ3) is 5.85. The van der Waals surface area contributed by atoms with E-state index in [1.165, 1.54) is 11.6 Å². The Morgan fingerprint density at radius 3 is 1.98 bits per heavy atom. The molecule has 0 aliphatic carbocycles. The fourth-order valence-electron chi connectivity index (χ4n) is 4.42. The highest BCUT2D eigenvalue weighted by atomic mass is 16.6. The number of anilines is 1. The van der Waals surface area contributed by atoms with Crippen LogP contribution in [0.3, 0.4) is 0 Å². The summed E-state index contributed by atoms with van der Waals surface area (Å²) in [6, 6.07) is 8.89. The third-order valence-electron chi connectivity index (χ3n) is 6.45. The minimum atomic E-state index is -1.50. The van der Waals surface area contributed by atoms with Gasteiger partial charge in [-0.25, -0.2) is 14.3 Å². The molecule has 12 nitrogen and oxygen atoms in total. The standard InChI is InChI=1S/C28H34N4O8/c1-8-38-26(35)20-15(3)29-16(4)21(27(36)39-9-2)22(20)28(37)40-18(6)24(33)30-23-17(5)31(7)32(25(23)34)19-13-11-10-12-14-19/h10-14,18,22,29H,8-9H2,1-7H3,(H,30,33)/t18-/m1/s1. The van der Waals surface area contributed by atoms with Crippen LogP contribution in [0.15, 0.2) is 57.7 Å². The van der Waals surface area contributed by atoms with Crippen molar-refractivity contribution >= 4 is 29.5 Å². The second kappa shape index (κ2) is 12.5. The normalized spacial score (nSPS) is 14.4. The number of rotatable bonds is 9. The summed E-state index contributed by atoms with van der Waals surface area (Å²) >= 11 is 0. The minimum Gasteiger partial charge on any atom is -0.463 e. The zero-order chi connectivity index (χ0) is 29.7. The van der Waals surface area contributed by atoms with Gasteiger partial charge in [0.1, 0.15) is 11.6 Å². The molecule has 214 valence electrons. The van der Waals surface area contributed by atoms with E-state index in [1.54, 1.807) is 70.6 Å². The molecule has 0 bridgehead atoms. The van der Waals surface area contributed by atoms with Crippen LogP contribution in [0.1, 0.15) is 40.3 Å². The molecule has 0 radical (unpaired) electrons. The lowest BCUT2D eigenvalue weighted by Crippen LogP contribution is -2.41. The van der Waals surface area contributed by atoms with Crippen LogP contribution in [0.5, 0.6) is 0 Å². The van der Waals surface area contributed by atoms with Gasteiger partial charge in [0.05, 0.1) is 35.7 Å². The summed E-state index contributed by atoms with van der Waals surface area (Å²) in [7, 11) is 1.68. The maximum atomic E-state index is 13.5. The summed E-state index contributed by atoms with van der Waals surface area (Å²) in [5.41, 5.74) is 0.968. The van der Waals surface area contributed by atoms with Crippen molar-refractivity contribution in [3.8, 4) is 5.69 Å². The van der Waals surface area contributed by atoms with Crippen molar-refractivity contribution in [2.24, 2.45) is 13.0 Å². The van der Waals surface area contributed by atoms with Gasteiger partial charge in [-0.15, -0.1) is 0 Å². The smallest absolute Gasteiger partial charge is 0.337 e. The lowest BCUT2D eigenvalue weighted by molar-refractivity contribution is -0.158. The predicted molar refractivity (Wildman–Crippen MR) is 145 cm³/mol. The molecule has 0 spiro atoms. The van der Waals surface area contributed by atoms with Gasteiger partial charge >= 0.3 is 17.9 Å². The Bertz CT molecular complexity index is 1410. The number of hydrogen-bond donors (Lipinski definition) is 2. The summed E-state index contributed by atoms with van der Waals surface area (Å²) < 4.78 is 18.7. The maximum Gasteiger partial charge on any atom is 0.337 e. The highest BCUT2D eigenvalue weighted by Crippen LogP contribution is 2.33. The second-order valence-electron chi connectivity index (χ2n) is 9.08. The van der Waals surface area contributed by atoms with Crippen molar-refractivity contribution < 1.29 is 33.4 Å². The van der Waals surface area contributed by atoms with Gasteiger partial charge in [0.2, 0.25) is 0 Å². The summed E-state index contributed by atoms with van der Waals surface area (Å²) in [5, 5.41) is 5.47. The Balaban J connectivity index is 1.90. The Morgan fingerprint density at radius 1 is 0.950 bits per heavy atom. The van der Waals surface area contributed by atoms with Gasteiger partial charge in [-0.1, -0.05) is 18.2 Å². The van der Waals surface area contributed by atoms with Crippen LogP contribution < -0.4 is 16.2 Å². The summed E-state index contributed by atoms with van der Waals surface area (Å²) in [6.45, 7) is 9.39. The van der Waals surface area contributed by atoms with Gasteiger partial charge in [-0.2, -0.15) is 0 Å². The molecule has 12 heteroatoms. The average Bonchev–Trinajstić information content (AvgIpc) is 3.11. The van der Waals surface area contributed by atoms with E-state index in [2.05, 4.69) is 10.6 Å². The number of carbonyl (C=O) groups is 4. The van der Waals surface area contributed by atoms with Gasteiger partial charge in [0.25, 0.3) is 11.5 Å². The number of allylic oxidation sites excluding steroid dienone is 2. The zero-order valence-corrected chi connectivity index (χ0v) is 23.6. The number of benzene rings is 1. The predicted octanol–water partition coefficient (Wildman–Crippen LogP) is 2.25. The van der Waals surface area contributed by atoms with Gasteiger partial charge in [-0.3, -0.25) is 19.1 Å². The molecule has 1 amide bonds. The molecule has 2 heterocycles. The van der Waals surface area contributed by atoms with E-state index in [-0.39, 0.29) is 30.0 Å². The van der Waals surface area contributed by atoms with Crippen LogP contribution in [0.25, 0.3) is 5.69 Å². The number of esters is 3. The Kier molecular flexibility index (Phi) is 9.35. The summed E-state index contributed by atoms with van der Waals surface area (Å²) in [4.78, 5) is 65.4. The van der Waals surface area contributed by atoms with E-state index >= 15 is 0 Å². The Hall–Kier alpha value is -4.61. The minimum absolute atomic E-state index is 0.0204. The topological polar surface area (TPSA) is 147 Å². The third-order valence-corrected chi connectivity index (χ3v) is 6.45. The SMILES string of the molecule is CCOC(=O)C1=C(C)NC(C)=C(C(=O)OCC)C1C(=O)O[C@H](C)C(=O)Nc1c(C)n(C)n(-c2ccccc2)c1=O. The van der Waals surface area contributed by atoms with E-state index in [1.807, 2.05) is 6.07 Å². The molecule has 3 rings (SSSR count). The van der Waals surface area contributed by atoms with Crippen LogP contribution in [0.4, 0.5) is 5.69 Å². The van der Waals surface area contributed by atoms with Crippen LogP contribution in [0, 0.1) is 12.8 Å². The van der Waals surface area contributed by atoms with Crippen molar-refractivity contribution in [1.29, 1.82) is 0 Å². The molecule has 1 atom stereocenters. The van der Waals surface area contributed by atoms with Crippen LogP contribution in [-0.2, 0) is 40.4 Å². The molecular formula is C28H34N4O8. The molecule has 2 aromatic rings. The van der Waals surface area contributed by atoms with Crippen molar-refractivity contribution in [2.45, 2.75) is 47.6 Å². The van der Waals surface area contributed by atoms with Crippen molar-refractivity contribution in [2.75, 3.05) is 18.5 Å².